The number of likely N-dealkylation sites (tertiary alicyclic amines) is 1. The van der Waals surface area contributed by atoms with E-state index in [4.69, 9.17) is 0 Å². The predicted octanol–water partition coefficient (Wildman–Crippen LogP) is 4.56. The van der Waals surface area contributed by atoms with Crippen molar-refractivity contribution in [3.8, 4) is 11.3 Å². The van der Waals surface area contributed by atoms with Crippen LogP contribution in [0.3, 0.4) is 0 Å². The maximum atomic E-state index is 4.41. The average Bonchev–Trinajstić information content (AvgIpc) is 3.41. The van der Waals surface area contributed by atoms with E-state index in [9.17, 15) is 0 Å². The van der Waals surface area contributed by atoms with Gasteiger partial charge in [0, 0.05) is 43.6 Å². The Morgan fingerprint density at radius 2 is 1.88 bits per heavy atom. The summed E-state index contributed by atoms with van der Waals surface area (Å²) in [6.07, 6.45) is 8.20. The molecule has 1 aliphatic heterocycles. The Morgan fingerprint density at radius 1 is 1.06 bits per heavy atom. The molecule has 0 aliphatic carbocycles. The first-order valence-electron chi connectivity index (χ1n) is 11.7. The highest BCUT2D eigenvalue weighted by Crippen LogP contribution is 2.31. The molecule has 0 saturated carbocycles. The van der Waals surface area contributed by atoms with Gasteiger partial charge in [0.2, 0.25) is 0 Å². The lowest BCUT2D eigenvalue weighted by molar-refractivity contribution is 0.126. The standard InChI is InChI=1S/C26H33N7/c1-26(2)8-11-32(12-9-26)17-21-14-20-6-5-19(13-23(20)28-21)16-33-18-24(29-30-33)22-7-10-27-15-25(22)31(3)4/h5-7,10,13-15,18,28H,8-9,11-12,16-17H2,1-4H3. The number of benzene rings is 1. The van der Waals surface area contributed by atoms with Crippen LogP contribution < -0.4 is 4.90 Å². The van der Waals surface area contributed by atoms with E-state index < -0.39 is 0 Å². The molecule has 7 nitrogen and oxygen atoms in total. The maximum Gasteiger partial charge on any atom is 0.115 e. The van der Waals surface area contributed by atoms with Crippen LogP contribution in [0, 0.1) is 5.41 Å². The minimum absolute atomic E-state index is 0.485. The van der Waals surface area contributed by atoms with Crippen LogP contribution in [0.1, 0.15) is 37.9 Å². The predicted molar refractivity (Wildman–Crippen MR) is 133 cm³/mol. The Balaban J connectivity index is 1.30. The summed E-state index contributed by atoms with van der Waals surface area (Å²) in [7, 11) is 4.02. The highest BCUT2D eigenvalue weighted by Gasteiger charge is 2.25. The minimum Gasteiger partial charge on any atom is -0.376 e. The van der Waals surface area contributed by atoms with Crippen molar-refractivity contribution in [2.75, 3.05) is 32.1 Å². The van der Waals surface area contributed by atoms with E-state index in [-0.39, 0.29) is 0 Å². The summed E-state index contributed by atoms with van der Waals surface area (Å²) in [5.41, 5.74) is 7.08. The SMILES string of the molecule is CN(C)c1cnccc1-c1cn(Cc2ccc3cc(CN4CCC(C)(C)CC4)[nH]c3c2)nn1. The smallest absolute Gasteiger partial charge is 0.115 e. The molecule has 1 fully saturated rings. The number of hydrogen-bond donors (Lipinski definition) is 1. The number of H-pyrrole nitrogens is 1. The number of anilines is 1. The van der Waals surface area contributed by atoms with Gasteiger partial charge in [-0.2, -0.15) is 0 Å². The molecule has 0 spiro atoms. The minimum atomic E-state index is 0.485. The van der Waals surface area contributed by atoms with Gasteiger partial charge in [0.1, 0.15) is 5.69 Å². The Morgan fingerprint density at radius 3 is 2.67 bits per heavy atom. The number of rotatable bonds is 6. The Kier molecular flexibility index (Phi) is 5.66. The zero-order chi connectivity index (χ0) is 23.0. The zero-order valence-electron chi connectivity index (χ0n) is 20.0. The van der Waals surface area contributed by atoms with E-state index in [1.165, 1.54) is 48.1 Å². The van der Waals surface area contributed by atoms with Crippen molar-refractivity contribution >= 4 is 16.6 Å². The van der Waals surface area contributed by atoms with Gasteiger partial charge in [-0.3, -0.25) is 9.88 Å². The first-order chi connectivity index (χ1) is 15.9. The molecule has 33 heavy (non-hydrogen) atoms. The van der Waals surface area contributed by atoms with Gasteiger partial charge in [0.05, 0.1) is 24.6 Å². The molecule has 0 radical (unpaired) electrons. The molecule has 172 valence electrons. The highest BCUT2D eigenvalue weighted by molar-refractivity contribution is 5.81. The average molecular weight is 444 g/mol. The topological polar surface area (TPSA) is 65.9 Å². The van der Waals surface area contributed by atoms with E-state index >= 15 is 0 Å². The van der Waals surface area contributed by atoms with Crippen LogP contribution in [0.15, 0.2) is 48.9 Å². The summed E-state index contributed by atoms with van der Waals surface area (Å²) in [5, 5.41) is 10.0. The molecule has 0 bridgehead atoms. The number of nitrogens with one attached hydrogen (secondary N) is 1. The van der Waals surface area contributed by atoms with Gasteiger partial charge in [-0.1, -0.05) is 31.2 Å². The molecular formula is C26H33N7. The molecule has 0 atom stereocenters. The Labute approximate surface area is 195 Å². The van der Waals surface area contributed by atoms with Crippen LogP contribution in [0.25, 0.3) is 22.2 Å². The van der Waals surface area contributed by atoms with Crippen LogP contribution in [0.2, 0.25) is 0 Å². The molecule has 4 aromatic rings. The Hall–Kier alpha value is -3.19. The van der Waals surface area contributed by atoms with Crippen molar-refractivity contribution in [2.24, 2.45) is 5.41 Å². The van der Waals surface area contributed by atoms with Crippen molar-refractivity contribution in [2.45, 2.75) is 39.8 Å². The second kappa shape index (κ2) is 8.63. The highest BCUT2D eigenvalue weighted by atomic mass is 15.4. The molecule has 1 saturated heterocycles. The number of aromatic nitrogens is 5. The quantitative estimate of drug-likeness (QED) is 0.473. The fourth-order valence-electron chi connectivity index (χ4n) is 4.62. The van der Waals surface area contributed by atoms with Gasteiger partial charge in [-0.15, -0.1) is 5.10 Å². The first-order valence-corrected chi connectivity index (χ1v) is 11.7. The molecule has 4 heterocycles. The molecule has 1 N–H and O–H groups in total. The summed E-state index contributed by atoms with van der Waals surface area (Å²) in [4.78, 5) is 12.5. The van der Waals surface area contributed by atoms with E-state index in [1.807, 2.05) is 42.1 Å². The van der Waals surface area contributed by atoms with E-state index in [2.05, 4.69) is 63.3 Å². The number of aromatic amines is 1. The molecule has 3 aromatic heterocycles. The second-order valence-corrected chi connectivity index (χ2v) is 10.2. The largest absolute Gasteiger partial charge is 0.376 e. The second-order valence-electron chi connectivity index (χ2n) is 10.2. The van der Waals surface area contributed by atoms with Gasteiger partial charge < -0.3 is 9.88 Å². The fraction of sp³-hybridized carbons (Fsp3) is 0.423. The molecule has 1 aliphatic rings. The van der Waals surface area contributed by atoms with Gasteiger partial charge in [-0.05, 0) is 60.5 Å². The van der Waals surface area contributed by atoms with Crippen molar-refractivity contribution < 1.29 is 0 Å². The van der Waals surface area contributed by atoms with Crippen LogP contribution in [0.5, 0.6) is 0 Å². The van der Waals surface area contributed by atoms with Gasteiger partial charge in [0.25, 0.3) is 0 Å². The molecule has 1 aromatic carbocycles. The van der Waals surface area contributed by atoms with Gasteiger partial charge in [-0.25, -0.2) is 4.68 Å². The number of hydrogen-bond acceptors (Lipinski definition) is 5. The third-order valence-electron chi connectivity index (χ3n) is 6.79. The number of pyridine rings is 1. The van der Waals surface area contributed by atoms with Crippen molar-refractivity contribution in [1.29, 1.82) is 0 Å². The molecular weight excluding hydrogens is 410 g/mol. The van der Waals surface area contributed by atoms with Gasteiger partial charge in [0.15, 0.2) is 0 Å². The van der Waals surface area contributed by atoms with Crippen molar-refractivity contribution in [3.05, 3.63) is 60.2 Å². The third kappa shape index (κ3) is 4.78. The maximum absolute atomic E-state index is 4.41. The van der Waals surface area contributed by atoms with Crippen LogP contribution >= 0.6 is 0 Å². The zero-order valence-corrected chi connectivity index (χ0v) is 20.0. The van der Waals surface area contributed by atoms with Crippen LogP contribution in [-0.4, -0.2) is 57.0 Å². The lowest BCUT2D eigenvalue weighted by atomic mass is 9.83. The molecule has 0 amide bonds. The van der Waals surface area contributed by atoms with Crippen LogP contribution in [-0.2, 0) is 13.1 Å². The first kappa shape index (κ1) is 21.6. The summed E-state index contributed by atoms with van der Waals surface area (Å²) >= 11 is 0. The monoisotopic (exact) mass is 443 g/mol. The lowest BCUT2D eigenvalue weighted by Gasteiger charge is -2.36. The molecule has 5 rings (SSSR count). The number of nitrogens with zero attached hydrogens (tertiary/aromatic N) is 6. The number of fused-ring (bicyclic) bond motifs is 1. The van der Waals surface area contributed by atoms with E-state index in [1.54, 1.807) is 6.20 Å². The van der Waals surface area contributed by atoms with Crippen molar-refractivity contribution in [1.82, 2.24) is 29.9 Å². The van der Waals surface area contributed by atoms with Crippen molar-refractivity contribution in [3.63, 3.8) is 0 Å². The van der Waals surface area contributed by atoms with E-state index in [0.717, 1.165) is 23.5 Å². The fourth-order valence-corrected chi connectivity index (χ4v) is 4.62. The van der Waals surface area contributed by atoms with Crippen LogP contribution in [0.4, 0.5) is 5.69 Å². The summed E-state index contributed by atoms with van der Waals surface area (Å²) in [6, 6.07) is 10.9. The summed E-state index contributed by atoms with van der Waals surface area (Å²) in [5.74, 6) is 0. The Bertz CT molecular complexity index is 1240. The normalized spacial score (nSPS) is 16.4. The van der Waals surface area contributed by atoms with E-state index in [0.29, 0.717) is 12.0 Å². The van der Waals surface area contributed by atoms with Gasteiger partial charge >= 0.3 is 0 Å². The summed E-state index contributed by atoms with van der Waals surface area (Å²) in [6.45, 7) is 8.79. The molecule has 7 heteroatoms. The lowest BCUT2D eigenvalue weighted by Crippen LogP contribution is -2.36. The molecule has 0 unspecified atom stereocenters. The summed E-state index contributed by atoms with van der Waals surface area (Å²) < 4.78 is 1.90. The third-order valence-corrected chi connectivity index (χ3v) is 6.79. The number of piperidine rings is 1.